The summed E-state index contributed by atoms with van der Waals surface area (Å²) < 4.78 is 39.6. The number of hydrogen-bond donors (Lipinski definition) is 1. The third kappa shape index (κ3) is 5.74. The number of halogens is 3. The molecule has 0 saturated carbocycles. The molecule has 0 aliphatic carbocycles. The van der Waals surface area contributed by atoms with E-state index in [1.165, 1.54) is 6.07 Å². The van der Waals surface area contributed by atoms with Crippen molar-refractivity contribution >= 4 is 11.6 Å². The maximum Gasteiger partial charge on any atom is 0.417 e. The van der Waals surface area contributed by atoms with Crippen LogP contribution in [0.3, 0.4) is 0 Å². The van der Waals surface area contributed by atoms with Crippen molar-refractivity contribution in [3.63, 3.8) is 0 Å². The monoisotopic (exact) mass is 375 g/mol. The fourth-order valence-corrected chi connectivity index (χ4v) is 2.66. The van der Waals surface area contributed by atoms with Gasteiger partial charge in [-0.25, -0.2) is 0 Å². The van der Waals surface area contributed by atoms with Gasteiger partial charge in [-0.15, -0.1) is 0 Å². The summed E-state index contributed by atoms with van der Waals surface area (Å²) in [4.78, 5) is 13.8. The molecule has 27 heavy (non-hydrogen) atoms. The molecular weight excluding hydrogens is 355 g/mol. The molecule has 0 aliphatic rings. The van der Waals surface area contributed by atoms with E-state index in [9.17, 15) is 18.0 Å². The highest BCUT2D eigenvalue weighted by atomic mass is 19.4. The molecule has 1 amide bonds. The summed E-state index contributed by atoms with van der Waals surface area (Å²) in [7, 11) is 0. The Balaban J connectivity index is 2.14. The molecule has 0 bridgehead atoms. The summed E-state index contributed by atoms with van der Waals surface area (Å²) in [6.07, 6.45) is -3.97. The molecule has 0 aromatic heterocycles. The normalized spacial score (nSPS) is 10.9. The Morgan fingerprint density at radius 2 is 1.89 bits per heavy atom. The largest absolute Gasteiger partial charge is 0.417 e. The van der Waals surface area contributed by atoms with Gasteiger partial charge in [-0.1, -0.05) is 37.3 Å². The fraction of sp³-hybridized carbons (Fsp3) is 0.300. The number of carbonyl (C=O) groups excluding carboxylic acids is 1. The van der Waals surface area contributed by atoms with Crippen LogP contribution in [-0.2, 0) is 17.5 Å². The van der Waals surface area contributed by atoms with Gasteiger partial charge in [0.05, 0.1) is 23.7 Å². The van der Waals surface area contributed by atoms with Gasteiger partial charge in [-0.05, 0) is 30.2 Å². The number of anilines is 1. The highest BCUT2D eigenvalue weighted by Gasteiger charge is 2.34. The smallest absolute Gasteiger partial charge is 0.362 e. The van der Waals surface area contributed by atoms with Gasteiger partial charge < -0.3 is 10.2 Å². The number of hydrogen-bond acceptors (Lipinski definition) is 3. The van der Waals surface area contributed by atoms with Gasteiger partial charge in [0, 0.05) is 18.8 Å². The van der Waals surface area contributed by atoms with E-state index in [0.29, 0.717) is 19.5 Å². The quantitative estimate of drug-likeness (QED) is 0.792. The number of rotatable bonds is 7. The Morgan fingerprint density at radius 1 is 1.19 bits per heavy atom. The molecule has 0 spiro atoms. The van der Waals surface area contributed by atoms with Gasteiger partial charge in [0.1, 0.15) is 0 Å². The predicted molar refractivity (Wildman–Crippen MR) is 97.0 cm³/mol. The van der Waals surface area contributed by atoms with Crippen LogP contribution in [-0.4, -0.2) is 19.0 Å². The molecule has 0 heterocycles. The highest BCUT2D eigenvalue weighted by Crippen LogP contribution is 2.34. The number of nitrogens with one attached hydrogen (secondary N) is 1. The Kier molecular flexibility index (Phi) is 6.83. The molecule has 142 valence electrons. The molecule has 7 heteroatoms. The van der Waals surface area contributed by atoms with Crippen LogP contribution in [0.15, 0.2) is 48.5 Å². The van der Waals surface area contributed by atoms with Crippen molar-refractivity contribution in [3.8, 4) is 6.07 Å². The number of benzene rings is 2. The van der Waals surface area contributed by atoms with Crippen molar-refractivity contribution < 1.29 is 18.0 Å². The molecule has 0 fully saturated rings. The number of amides is 1. The lowest BCUT2D eigenvalue weighted by molar-refractivity contribution is -0.137. The second kappa shape index (κ2) is 9.08. The minimum Gasteiger partial charge on any atom is -0.362 e. The first-order valence-corrected chi connectivity index (χ1v) is 8.52. The average molecular weight is 375 g/mol. The zero-order valence-corrected chi connectivity index (χ0v) is 14.9. The molecular formula is C20H20F3N3O. The first-order chi connectivity index (χ1) is 12.8. The van der Waals surface area contributed by atoms with Gasteiger partial charge in [0.25, 0.3) is 0 Å². The van der Waals surface area contributed by atoms with Crippen molar-refractivity contribution in [2.24, 2.45) is 0 Å². The van der Waals surface area contributed by atoms with Crippen molar-refractivity contribution in [2.75, 3.05) is 18.0 Å². The van der Waals surface area contributed by atoms with Gasteiger partial charge in [-0.3, -0.25) is 4.79 Å². The molecule has 0 radical (unpaired) electrons. The third-order valence-electron chi connectivity index (χ3n) is 3.95. The topological polar surface area (TPSA) is 56.1 Å². The highest BCUT2D eigenvalue weighted by molar-refractivity contribution is 5.81. The van der Waals surface area contributed by atoms with Crippen LogP contribution in [0.5, 0.6) is 0 Å². The van der Waals surface area contributed by atoms with Crippen molar-refractivity contribution in [1.29, 1.82) is 5.26 Å². The second-order valence-corrected chi connectivity index (χ2v) is 6.02. The number of carbonyl (C=O) groups is 1. The van der Waals surface area contributed by atoms with Crippen LogP contribution >= 0.6 is 0 Å². The maximum absolute atomic E-state index is 13.2. The fourth-order valence-electron chi connectivity index (χ4n) is 2.66. The molecule has 0 saturated heterocycles. The standard InChI is InChI=1S/C20H20F3N3O/c1-2-10-26(14-19(27)25-13-15-6-4-3-5-7-15)17-9-8-16(12-24)18(11-17)20(21,22)23/h3-9,11H,2,10,13-14H2,1H3,(H,25,27). The molecule has 2 rings (SSSR count). The second-order valence-electron chi connectivity index (χ2n) is 6.02. The minimum absolute atomic E-state index is 0.0656. The van der Waals surface area contributed by atoms with E-state index in [1.807, 2.05) is 37.3 Å². The lowest BCUT2D eigenvalue weighted by Crippen LogP contribution is -2.37. The summed E-state index contributed by atoms with van der Waals surface area (Å²) in [5.74, 6) is -0.287. The summed E-state index contributed by atoms with van der Waals surface area (Å²) in [6.45, 7) is 2.58. The number of nitrogens with zero attached hydrogens (tertiary/aromatic N) is 2. The first-order valence-electron chi connectivity index (χ1n) is 8.52. The molecule has 2 aromatic rings. The van der Waals surface area contributed by atoms with Crippen molar-refractivity contribution in [1.82, 2.24) is 5.32 Å². The van der Waals surface area contributed by atoms with E-state index in [4.69, 9.17) is 5.26 Å². The lowest BCUT2D eigenvalue weighted by Gasteiger charge is -2.25. The van der Waals surface area contributed by atoms with Crippen LogP contribution in [0.4, 0.5) is 18.9 Å². The van der Waals surface area contributed by atoms with E-state index in [0.717, 1.165) is 17.7 Å². The molecule has 2 aromatic carbocycles. The van der Waals surface area contributed by atoms with Crippen LogP contribution in [0.2, 0.25) is 0 Å². The zero-order valence-electron chi connectivity index (χ0n) is 14.9. The van der Waals surface area contributed by atoms with E-state index < -0.39 is 17.3 Å². The third-order valence-corrected chi connectivity index (χ3v) is 3.95. The molecule has 4 nitrogen and oxygen atoms in total. The molecule has 0 atom stereocenters. The Bertz CT molecular complexity index is 813. The van der Waals surface area contributed by atoms with E-state index in [2.05, 4.69) is 5.32 Å². The van der Waals surface area contributed by atoms with E-state index >= 15 is 0 Å². The summed E-state index contributed by atoms with van der Waals surface area (Å²) in [5.41, 5.74) is -0.229. The van der Waals surface area contributed by atoms with Crippen LogP contribution in [0.1, 0.15) is 30.0 Å². The number of nitriles is 1. The Hall–Kier alpha value is -3.01. The van der Waals surface area contributed by atoms with Gasteiger partial charge in [0.2, 0.25) is 5.91 Å². The first kappa shape index (κ1) is 20.3. The predicted octanol–water partition coefficient (Wildman–Crippen LogP) is 4.11. The van der Waals surface area contributed by atoms with Gasteiger partial charge >= 0.3 is 6.18 Å². The lowest BCUT2D eigenvalue weighted by atomic mass is 10.1. The minimum atomic E-state index is -4.63. The maximum atomic E-state index is 13.2. The van der Waals surface area contributed by atoms with Gasteiger partial charge in [-0.2, -0.15) is 18.4 Å². The molecule has 1 N–H and O–H groups in total. The van der Waals surface area contributed by atoms with E-state index in [-0.39, 0.29) is 18.1 Å². The Morgan fingerprint density at radius 3 is 2.48 bits per heavy atom. The summed E-state index contributed by atoms with van der Waals surface area (Å²) in [5, 5.41) is 11.7. The van der Waals surface area contributed by atoms with Gasteiger partial charge in [0.15, 0.2) is 0 Å². The zero-order chi connectivity index (χ0) is 19.9. The Labute approximate surface area is 156 Å². The number of alkyl halides is 3. The average Bonchev–Trinajstić information content (AvgIpc) is 2.65. The van der Waals surface area contributed by atoms with Crippen molar-refractivity contribution in [2.45, 2.75) is 26.1 Å². The van der Waals surface area contributed by atoms with Crippen molar-refractivity contribution in [3.05, 3.63) is 65.2 Å². The molecule has 0 unspecified atom stereocenters. The van der Waals surface area contributed by atoms with Crippen LogP contribution in [0.25, 0.3) is 0 Å². The van der Waals surface area contributed by atoms with Crippen LogP contribution in [0, 0.1) is 11.3 Å². The summed E-state index contributed by atoms with van der Waals surface area (Å²) >= 11 is 0. The van der Waals surface area contributed by atoms with E-state index in [1.54, 1.807) is 11.0 Å². The SMILES string of the molecule is CCCN(CC(=O)NCc1ccccc1)c1ccc(C#N)c(C(F)(F)F)c1. The van der Waals surface area contributed by atoms with Crippen LogP contribution < -0.4 is 10.2 Å². The summed E-state index contributed by atoms with van der Waals surface area (Å²) in [6, 6.07) is 14.4. The molecule has 0 aliphatic heterocycles.